The zero-order valence-corrected chi connectivity index (χ0v) is 18.9. The SMILES string of the molecule is COc1ccc(C(=O)NC2CC(c3cc(NC(=O)Cc4cccc5ccccc45)n[nH]3)C2)cc1. The smallest absolute Gasteiger partial charge is 0.251 e. The van der Waals surface area contributed by atoms with Gasteiger partial charge in [-0.1, -0.05) is 42.5 Å². The molecule has 172 valence electrons. The maximum atomic E-state index is 12.6. The van der Waals surface area contributed by atoms with Gasteiger partial charge in [0.15, 0.2) is 5.82 Å². The van der Waals surface area contributed by atoms with Gasteiger partial charge in [0, 0.05) is 29.3 Å². The molecule has 2 amide bonds. The van der Waals surface area contributed by atoms with Crippen molar-refractivity contribution in [2.24, 2.45) is 0 Å². The van der Waals surface area contributed by atoms with E-state index >= 15 is 0 Å². The highest BCUT2D eigenvalue weighted by Crippen LogP contribution is 2.36. The molecule has 0 radical (unpaired) electrons. The lowest BCUT2D eigenvalue weighted by Gasteiger charge is -2.35. The van der Waals surface area contributed by atoms with Crippen molar-refractivity contribution in [3.05, 3.63) is 89.6 Å². The van der Waals surface area contributed by atoms with Gasteiger partial charge in [0.1, 0.15) is 5.75 Å². The monoisotopic (exact) mass is 454 g/mol. The van der Waals surface area contributed by atoms with Gasteiger partial charge in [-0.2, -0.15) is 5.10 Å². The fraction of sp³-hybridized carbons (Fsp3) is 0.222. The first-order valence-corrected chi connectivity index (χ1v) is 11.4. The minimum absolute atomic E-state index is 0.0860. The van der Waals surface area contributed by atoms with E-state index in [2.05, 4.69) is 20.8 Å². The van der Waals surface area contributed by atoms with Gasteiger partial charge in [0.25, 0.3) is 5.91 Å². The number of nitrogens with zero attached hydrogens (tertiary/aromatic N) is 1. The molecule has 7 nitrogen and oxygen atoms in total. The molecule has 0 unspecified atom stereocenters. The first-order chi connectivity index (χ1) is 16.6. The first-order valence-electron chi connectivity index (χ1n) is 11.4. The molecule has 1 heterocycles. The minimum Gasteiger partial charge on any atom is -0.497 e. The third-order valence-electron chi connectivity index (χ3n) is 6.36. The van der Waals surface area contributed by atoms with Crippen molar-refractivity contribution in [2.75, 3.05) is 12.4 Å². The van der Waals surface area contributed by atoms with Crippen LogP contribution in [0, 0.1) is 0 Å². The molecule has 0 spiro atoms. The van der Waals surface area contributed by atoms with Gasteiger partial charge in [-0.15, -0.1) is 0 Å². The Bertz CT molecular complexity index is 1320. The number of benzene rings is 3. The van der Waals surface area contributed by atoms with Gasteiger partial charge in [-0.3, -0.25) is 14.7 Å². The van der Waals surface area contributed by atoms with Gasteiger partial charge >= 0.3 is 0 Å². The van der Waals surface area contributed by atoms with E-state index in [1.54, 1.807) is 31.4 Å². The summed E-state index contributed by atoms with van der Waals surface area (Å²) in [5.74, 6) is 1.33. The van der Waals surface area contributed by atoms with Crippen LogP contribution in [0.3, 0.4) is 0 Å². The van der Waals surface area contributed by atoms with Crippen LogP contribution in [0.5, 0.6) is 5.75 Å². The Balaban J connectivity index is 1.13. The summed E-state index contributed by atoms with van der Waals surface area (Å²) in [7, 11) is 1.60. The molecule has 0 bridgehead atoms. The first kappa shape index (κ1) is 21.7. The average Bonchev–Trinajstić information content (AvgIpc) is 3.28. The quantitative estimate of drug-likeness (QED) is 0.385. The second kappa shape index (κ2) is 9.39. The van der Waals surface area contributed by atoms with Gasteiger partial charge in [-0.25, -0.2) is 0 Å². The van der Waals surface area contributed by atoms with E-state index in [9.17, 15) is 9.59 Å². The molecule has 4 aromatic rings. The van der Waals surface area contributed by atoms with Crippen LogP contribution in [0.25, 0.3) is 10.8 Å². The second-order valence-corrected chi connectivity index (χ2v) is 8.64. The third kappa shape index (κ3) is 4.64. The van der Waals surface area contributed by atoms with Gasteiger partial charge in [-0.05, 0) is 53.4 Å². The number of H-pyrrole nitrogens is 1. The van der Waals surface area contributed by atoms with E-state index in [0.29, 0.717) is 11.4 Å². The number of hydrogen-bond acceptors (Lipinski definition) is 4. The number of anilines is 1. The molecule has 1 aliphatic carbocycles. The summed E-state index contributed by atoms with van der Waals surface area (Å²) in [4.78, 5) is 25.0. The number of rotatable bonds is 7. The summed E-state index contributed by atoms with van der Waals surface area (Å²) in [6.07, 6.45) is 1.94. The Kier molecular flexibility index (Phi) is 5.99. The highest BCUT2D eigenvalue weighted by molar-refractivity contribution is 5.96. The molecule has 0 aliphatic heterocycles. The van der Waals surface area contributed by atoms with Crippen molar-refractivity contribution < 1.29 is 14.3 Å². The van der Waals surface area contributed by atoms with Crippen LogP contribution in [-0.4, -0.2) is 35.2 Å². The lowest BCUT2D eigenvalue weighted by Crippen LogP contribution is -2.43. The number of aromatic amines is 1. The lowest BCUT2D eigenvalue weighted by molar-refractivity contribution is -0.115. The lowest BCUT2D eigenvalue weighted by atomic mass is 9.78. The van der Waals surface area contributed by atoms with Gasteiger partial charge in [0.2, 0.25) is 5.91 Å². The third-order valence-corrected chi connectivity index (χ3v) is 6.36. The summed E-state index contributed by atoms with van der Waals surface area (Å²) in [5, 5.41) is 15.5. The van der Waals surface area contributed by atoms with E-state index in [-0.39, 0.29) is 30.2 Å². The molecule has 1 saturated carbocycles. The number of methoxy groups -OCH3 is 1. The maximum Gasteiger partial charge on any atom is 0.251 e. The van der Waals surface area contributed by atoms with Crippen molar-refractivity contribution in [1.82, 2.24) is 15.5 Å². The van der Waals surface area contributed by atoms with Crippen molar-refractivity contribution in [3.8, 4) is 5.75 Å². The summed E-state index contributed by atoms with van der Waals surface area (Å²) < 4.78 is 5.13. The van der Waals surface area contributed by atoms with Crippen molar-refractivity contribution in [3.63, 3.8) is 0 Å². The molecule has 7 heteroatoms. The normalized spacial score (nSPS) is 17.1. The topological polar surface area (TPSA) is 96.1 Å². The van der Waals surface area contributed by atoms with Crippen molar-refractivity contribution in [1.29, 1.82) is 0 Å². The predicted molar refractivity (Wildman–Crippen MR) is 131 cm³/mol. The van der Waals surface area contributed by atoms with Crippen LogP contribution in [-0.2, 0) is 11.2 Å². The second-order valence-electron chi connectivity index (χ2n) is 8.64. The highest BCUT2D eigenvalue weighted by atomic mass is 16.5. The summed E-state index contributed by atoms with van der Waals surface area (Å²) in [5.41, 5.74) is 2.57. The van der Waals surface area contributed by atoms with Crippen LogP contribution >= 0.6 is 0 Å². The Morgan fingerprint density at radius 2 is 1.79 bits per heavy atom. The predicted octanol–water partition coefficient (Wildman–Crippen LogP) is 4.43. The maximum absolute atomic E-state index is 12.6. The Hall–Kier alpha value is -4.13. The molecule has 3 N–H and O–H groups in total. The van der Waals surface area contributed by atoms with Crippen LogP contribution in [0.1, 0.15) is 40.4 Å². The van der Waals surface area contributed by atoms with Gasteiger partial charge < -0.3 is 15.4 Å². The molecular weight excluding hydrogens is 428 g/mol. The molecule has 3 aromatic carbocycles. The molecule has 0 atom stereocenters. The van der Waals surface area contributed by atoms with Crippen LogP contribution in [0.2, 0.25) is 0 Å². The summed E-state index contributed by atoms with van der Waals surface area (Å²) in [6.45, 7) is 0. The van der Waals surface area contributed by atoms with Crippen LogP contribution in [0.15, 0.2) is 72.8 Å². The number of amides is 2. The molecular formula is C27H26N4O3. The van der Waals surface area contributed by atoms with Gasteiger partial charge in [0.05, 0.1) is 13.5 Å². The number of carbonyl (C=O) groups is 2. The summed E-state index contributed by atoms with van der Waals surface area (Å²) >= 11 is 0. The fourth-order valence-electron chi connectivity index (χ4n) is 4.42. The zero-order chi connectivity index (χ0) is 23.5. The summed E-state index contributed by atoms with van der Waals surface area (Å²) in [6, 6.07) is 23.1. The van der Waals surface area contributed by atoms with E-state index in [1.807, 2.05) is 48.5 Å². The molecule has 1 fully saturated rings. The van der Waals surface area contributed by atoms with Crippen molar-refractivity contribution in [2.45, 2.75) is 31.2 Å². The number of nitrogens with one attached hydrogen (secondary N) is 3. The number of hydrogen-bond donors (Lipinski definition) is 3. The van der Waals surface area contributed by atoms with E-state index in [0.717, 1.165) is 40.6 Å². The molecule has 0 saturated heterocycles. The average molecular weight is 455 g/mol. The van der Waals surface area contributed by atoms with Crippen molar-refractivity contribution >= 4 is 28.4 Å². The van der Waals surface area contributed by atoms with Crippen LogP contribution < -0.4 is 15.4 Å². The Morgan fingerprint density at radius 3 is 2.59 bits per heavy atom. The minimum atomic E-state index is -0.104. The molecule has 34 heavy (non-hydrogen) atoms. The highest BCUT2D eigenvalue weighted by Gasteiger charge is 2.33. The number of carbonyl (C=O) groups excluding carboxylic acids is 2. The Morgan fingerprint density at radius 1 is 1.03 bits per heavy atom. The number of ether oxygens (including phenoxy) is 1. The van der Waals surface area contributed by atoms with E-state index in [4.69, 9.17) is 4.74 Å². The number of fused-ring (bicyclic) bond motifs is 1. The standard InChI is InChI=1S/C27H26N4O3/c1-34-22-11-9-18(10-12-22)27(33)28-21-13-20(14-21)24-16-25(31-30-24)29-26(32)15-19-7-4-6-17-5-2-3-8-23(17)19/h2-12,16,20-21H,13-15H2,1H3,(H,28,33)(H2,29,30,31,32). The van der Waals surface area contributed by atoms with E-state index in [1.165, 1.54) is 0 Å². The molecule has 1 aromatic heterocycles. The zero-order valence-electron chi connectivity index (χ0n) is 18.9. The number of aromatic nitrogens is 2. The fourth-order valence-corrected chi connectivity index (χ4v) is 4.42. The van der Waals surface area contributed by atoms with E-state index < -0.39 is 0 Å². The molecule has 5 rings (SSSR count). The molecule has 1 aliphatic rings. The van der Waals surface area contributed by atoms with Crippen LogP contribution in [0.4, 0.5) is 5.82 Å². The largest absolute Gasteiger partial charge is 0.497 e. The Labute approximate surface area is 197 Å².